The van der Waals surface area contributed by atoms with Gasteiger partial charge in [-0.1, -0.05) is 18.2 Å². The number of para-hydroxylation sites is 1. The predicted molar refractivity (Wildman–Crippen MR) is 112 cm³/mol. The highest BCUT2D eigenvalue weighted by atomic mass is 32.1. The van der Waals surface area contributed by atoms with Crippen molar-refractivity contribution in [2.24, 2.45) is 0 Å². The third-order valence-corrected chi connectivity index (χ3v) is 5.57. The highest BCUT2D eigenvalue weighted by molar-refractivity contribution is 7.18. The first-order valence-corrected chi connectivity index (χ1v) is 9.91. The lowest BCUT2D eigenvalue weighted by Crippen LogP contribution is -2.42. The topological polar surface area (TPSA) is 113 Å². The quantitative estimate of drug-likeness (QED) is 0.554. The summed E-state index contributed by atoms with van der Waals surface area (Å²) < 4.78 is 5.38. The fourth-order valence-corrected chi connectivity index (χ4v) is 3.78. The van der Waals surface area contributed by atoms with Crippen molar-refractivity contribution in [2.45, 2.75) is 39.8 Å². The number of thiophene rings is 1. The van der Waals surface area contributed by atoms with Crippen LogP contribution in [0.1, 0.15) is 36.2 Å². The number of carbonyl (C=O) groups is 2. The number of carbonyl (C=O) groups excluding carboxylic acids is 2. The Morgan fingerprint density at radius 1 is 1.17 bits per heavy atom. The fraction of sp³-hybridized carbons (Fsp3) is 0.300. The van der Waals surface area contributed by atoms with Crippen LogP contribution < -0.4 is 16.2 Å². The van der Waals surface area contributed by atoms with Crippen molar-refractivity contribution in [1.82, 2.24) is 15.3 Å². The number of hydrogen-bond donors (Lipinski definition) is 3. The Morgan fingerprint density at radius 2 is 1.86 bits per heavy atom. The van der Waals surface area contributed by atoms with E-state index in [9.17, 15) is 14.4 Å². The summed E-state index contributed by atoms with van der Waals surface area (Å²) in [6.07, 6.45) is -0.774. The minimum Gasteiger partial charge on any atom is -0.453 e. The van der Waals surface area contributed by atoms with Gasteiger partial charge in [0, 0.05) is 10.6 Å². The summed E-state index contributed by atoms with van der Waals surface area (Å²) in [5, 5.41) is 5.71. The number of amides is 2. The molecule has 9 heteroatoms. The molecule has 0 fully saturated rings. The molecule has 0 radical (unpaired) electrons. The van der Waals surface area contributed by atoms with Crippen LogP contribution in [0.4, 0.5) is 10.5 Å². The SMILES string of the molecule is Cc1sc2nc([C@H](C)OC(=O)[C@H](C)NC(=O)Nc3ccccc3)[nH]c(=O)c2c1C. The predicted octanol–water partition coefficient (Wildman–Crippen LogP) is 3.42. The van der Waals surface area contributed by atoms with Crippen LogP contribution in [0.5, 0.6) is 0 Å². The maximum absolute atomic E-state index is 12.4. The number of aryl methyl sites for hydroxylation is 2. The molecule has 0 aliphatic heterocycles. The molecule has 8 nitrogen and oxygen atoms in total. The van der Waals surface area contributed by atoms with E-state index < -0.39 is 24.1 Å². The van der Waals surface area contributed by atoms with Crippen LogP contribution in [0.2, 0.25) is 0 Å². The summed E-state index contributed by atoms with van der Waals surface area (Å²) >= 11 is 1.42. The monoisotopic (exact) mass is 414 g/mol. The average molecular weight is 414 g/mol. The molecule has 0 spiro atoms. The molecule has 29 heavy (non-hydrogen) atoms. The third kappa shape index (κ3) is 4.62. The van der Waals surface area contributed by atoms with E-state index in [4.69, 9.17) is 4.74 Å². The number of urea groups is 1. The first-order valence-electron chi connectivity index (χ1n) is 9.09. The van der Waals surface area contributed by atoms with Gasteiger partial charge >= 0.3 is 12.0 Å². The first kappa shape index (κ1) is 20.5. The minimum absolute atomic E-state index is 0.261. The van der Waals surface area contributed by atoms with Gasteiger partial charge in [-0.15, -0.1) is 11.3 Å². The lowest BCUT2D eigenvalue weighted by atomic mass is 10.2. The Bertz CT molecular complexity index is 1110. The number of fused-ring (bicyclic) bond motifs is 1. The number of benzene rings is 1. The van der Waals surface area contributed by atoms with Crippen LogP contribution in [0.15, 0.2) is 35.1 Å². The lowest BCUT2D eigenvalue weighted by molar-refractivity contribution is -0.150. The number of nitrogens with zero attached hydrogens (tertiary/aromatic N) is 1. The first-order chi connectivity index (χ1) is 13.8. The second kappa shape index (κ2) is 8.44. The van der Waals surface area contributed by atoms with Gasteiger partial charge in [-0.2, -0.15) is 0 Å². The Balaban J connectivity index is 1.64. The molecule has 2 atom stereocenters. The zero-order chi connectivity index (χ0) is 21.1. The Labute approximate surface area is 171 Å². The molecule has 0 bridgehead atoms. The molecule has 152 valence electrons. The van der Waals surface area contributed by atoms with Crippen molar-refractivity contribution in [3.8, 4) is 0 Å². The molecule has 2 heterocycles. The summed E-state index contributed by atoms with van der Waals surface area (Å²) in [5.74, 6) is -0.375. The Morgan fingerprint density at radius 3 is 2.55 bits per heavy atom. The number of aromatic nitrogens is 2. The molecule has 3 N–H and O–H groups in total. The fourth-order valence-electron chi connectivity index (χ4n) is 2.74. The van der Waals surface area contributed by atoms with Gasteiger partial charge in [0.1, 0.15) is 10.9 Å². The van der Waals surface area contributed by atoms with E-state index in [1.165, 1.54) is 18.3 Å². The number of nitrogens with one attached hydrogen (secondary N) is 3. The number of anilines is 1. The van der Waals surface area contributed by atoms with Crippen LogP contribution >= 0.6 is 11.3 Å². The lowest BCUT2D eigenvalue weighted by Gasteiger charge is -2.17. The van der Waals surface area contributed by atoms with Gasteiger partial charge in [-0.05, 0) is 45.4 Å². The summed E-state index contributed by atoms with van der Waals surface area (Å²) in [4.78, 5) is 45.5. The molecular weight excluding hydrogens is 392 g/mol. The number of aromatic amines is 1. The summed E-state index contributed by atoms with van der Waals surface area (Å²) in [7, 11) is 0. The van der Waals surface area contributed by atoms with Gasteiger partial charge in [0.05, 0.1) is 5.39 Å². The van der Waals surface area contributed by atoms with Gasteiger partial charge in [-0.25, -0.2) is 14.6 Å². The van der Waals surface area contributed by atoms with E-state index in [0.29, 0.717) is 15.9 Å². The summed E-state index contributed by atoms with van der Waals surface area (Å²) in [5.41, 5.74) is 1.25. The van der Waals surface area contributed by atoms with Gasteiger partial charge in [0.15, 0.2) is 11.9 Å². The van der Waals surface area contributed by atoms with Crippen molar-refractivity contribution in [2.75, 3.05) is 5.32 Å². The van der Waals surface area contributed by atoms with Gasteiger partial charge in [0.25, 0.3) is 5.56 Å². The largest absolute Gasteiger partial charge is 0.453 e. The van der Waals surface area contributed by atoms with E-state index in [1.54, 1.807) is 31.2 Å². The molecule has 2 amide bonds. The minimum atomic E-state index is -0.886. The summed E-state index contributed by atoms with van der Waals surface area (Å²) in [6, 6.07) is 7.47. The molecule has 0 aliphatic carbocycles. The van der Waals surface area contributed by atoms with Crippen molar-refractivity contribution in [3.63, 3.8) is 0 Å². The van der Waals surface area contributed by atoms with Crippen LogP contribution in [0.3, 0.4) is 0 Å². The number of hydrogen-bond acceptors (Lipinski definition) is 6. The highest BCUT2D eigenvalue weighted by Gasteiger charge is 2.22. The molecule has 0 saturated heterocycles. The normalized spacial score (nSPS) is 13.0. The molecular formula is C20H22N4O4S. The van der Waals surface area contributed by atoms with E-state index >= 15 is 0 Å². The third-order valence-electron chi connectivity index (χ3n) is 4.47. The van der Waals surface area contributed by atoms with E-state index in [-0.39, 0.29) is 11.4 Å². The molecule has 3 aromatic rings. The average Bonchev–Trinajstić information content (AvgIpc) is 2.96. The van der Waals surface area contributed by atoms with E-state index in [2.05, 4.69) is 20.6 Å². The number of esters is 1. The van der Waals surface area contributed by atoms with Crippen molar-refractivity contribution in [3.05, 3.63) is 57.0 Å². The Kier molecular flexibility index (Phi) is 5.97. The number of ether oxygens (including phenoxy) is 1. The zero-order valence-corrected chi connectivity index (χ0v) is 17.3. The van der Waals surface area contributed by atoms with E-state index in [1.807, 2.05) is 19.9 Å². The number of rotatable bonds is 5. The molecule has 0 aliphatic rings. The second-order valence-electron chi connectivity index (χ2n) is 6.68. The standard InChI is InChI=1S/C20H22N4O4S/c1-10-13(4)29-18-15(10)17(25)23-16(24-18)12(3)28-19(26)11(2)21-20(27)22-14-8-6-5-7-9-14/h5-9,11-12H,1-4H3,(H2,21,22,27)(H,23,24,25)/t11-,12-/m0/s1. The van der Waals surface area contributed by atoms with Crippen molar-refractivity contribution < 1.29 is 14.3 Å². The van der Waals surface area contributed by atoms with Crippen molar-refractivity contribution in [1.29, 1.82) is 0 Å². The molecule has 0 saturated carbocycles. The molecule has 3 rings (SSSR count). The maximum Gasteiger partial charge on any atom is 0.329 e. The van der Waals surface area contributed by atoms with Crippen molar-refractivity contribution >= 4 is 39.2 Å². The van der Waals surface area contributed by atoms with Gasteiger partial charge in [0.2, 0.25) is 0 Å². The van der Waals surface area contributed by atoms with Crippen LogP contribution in [-0.4, -0.2) is 28.0 Å². The van der Waals surface area contributed by atoms with Crippen LogP contribution in [0, 0.1) is 13.8 Å². The zero-order valence-electron chi connectivity index (χ0n) is 16.5. The van der Waals surface area contributed by atoms with Crippen LogP contribution in [0.25, 0.3) is 10.2 Å². The van der Waals surface area contributed by atoms with E-state index in [0.717, 1.165) is 10.4 Å². The smallest absolute Gasteiger partial charge is 0.329 e. The maximum atomic E-state index is 12.4. The van der Waals surface area contributed by atoms with Crippen LogP contribution in [-0.2, 0) is 9.53 Å². The highest BCUT2D eigenvalue weighted by Crippen LogP contribution is 2.26. The molecule has 0 unspecified atom stereocenters. The van der Waals surface area contributed by atoms with Gasteiger partial charge < -0.3 is 20.4 Å². The second-order valence-corrected chi connectivity index (χ2v) is 7.88. The Hall–Kier alpha value is -3.20. The van der Waals surface area contributed by atoms with Gasteiger partial charge in [-0.3, -0.25) is 4.79 Å². The molecule has 1 aromatic carbocycles. The summed E-state index contributed by atoms with van der Waals surface area (Å²) in [6.45, 7) is 6.94. The number of H-pyrrole nitrogens is 1. The molecule has 2 aromatic heterocycles.